The Morgan fingerprint density at radius 2 is 1.95 bits per heavy atom. The number of hydrogen-bond donors (Lipinski definition) is 0. The van der Waals surface area contributed by atoms with Crippen molar-refractivity contribution in [2.24, 2.45) is 5.92 Å². The molecule has 1 aliphatic rings. The molecule has 1 aliphatic carbocycles. The van der Waals surface area contributed by atoms with Crippen LogP contribution in [0.4, 0.5) is 0 Å². The molecular formula is C20H30. The van der Waals surface area contributed by atoms with E-state index < -0.39 is 0 Å². The molecule has 0 radical (unpaired) electrons. The minimum Gasteiger partial charge on any atom is -0.0758 e. The zero-order valence-electron chi connectivity index (χ0n) is 14.1. The zero-order valence-corrected chi connectivity index (χ0v) is 14.1. The second-order valence-corrected chi connectivity index (χ2v) is 6.95. The first-order chi connectivity index (χ1) is 9.44. The van der Waals surface area contributed by atoms with E-state index in [-0.39, 0.29) is 0 Å². The second-order valence-electron chi connectivity index (χ2n) is 6.95. The molecule has 1 aromatic rings. The van der Waals surface area contributed by atoms with Gasteiger partial charge in [-0.1, -0.05) is 51.0 Å². The summed E-state index contributed by atoms with van der Waals surface area (Å²) in [6.45, 7) is 13.7. The van der Waals surface area contributed by atoms with Gasteiger partial charge in [0.1, 0.15) is 0 Å². The summed E-state index contributed by atoms with van der Waals surface area (Å²) in [7, 11) is 0. The normalized spacial score (nSPS) is 24.6. The molecule has 110 valence electrons. The summed E-state index contributed by atoms with van der Waals surface area (Å²) >= 11 is 0. The zero-order chi connectivity index (χ0) is 14.9. The Morgan fingerprint density at radius 1 is 1.30 bits per heavy atom. The Morgan fingerprint density at radius 3 is 2.40 bits per heavy atom. The van der Waals surface area contributed by atoms with Crippen molar-refractivity contribution in [1.82, 2.24) is 0 Å². The second kappa shape index (κ2) is 5.76. The van der Waals surface area contributed by atoms with Crippen LogP contribution >= 0.6 is 0 Å². The maximum Gasteiger partial charge on any atom is -0.00148 e. The molecule has 0 nitrogen and oxygen atoms in total. The lowest BCUT2D eigenvalue weighted by atomic mass is 9.83. The van der Waals surface area contributed by atoms with Crippen molar-refractivity contribution in [3.05, 3.63) is 40.0 Å². The van der Waals surface area contributed by atoms with Gasteiger partial charge in [0.15, 0.2) is 0 Å². The van der Waals surface area contributed by atoms with Crippen LogP contribution in [-0.4, -0.2) is 0 Å². The van der Waals surface area contributed by atoms with Crippen LogP contribution in [0.25, 0.3) is 6.08 Å². The van der Waals surface area contributed by atoms with Gasteiger partial charge in [-0.3, -0.25) is 0 Å². The molecule has 0 amide bonds. The highest BCUT2D eigenvalue weighted by molar-refractivity contribution is 5.62. The SMILES string of the molecule is CCCc1cc(C2(CC)CC2C)c(C=C(C)C)cc1C. The highest BCUT2D eigenvalue weighted by atomic mass is 14.5. The van der Waals surface area contributed by atoms with Gasteiger partial charge >= 0.3 is 0 Å². The third kappa shape index (κ3) is 2.71. The Kier molecular flexibility index (Phi) is 4.42. The van der Waals surface area contributed by atoms with Crippen LogP contribution in [0, 0.1) is 12.8 Å². The maximum absolute atomic E-state index is 2.53. The summed E-state index contributed by atoms with van der Waals surface area (Å²) in [6.07, 6.45) is 7.45. The molecule has 0 bridgehead atoms. The van der Waals surface area contributed by atoms with Gasteiger partial charge in [0.2, 0.25) is 0 Å². The molecule has 0 aliphatic heterocycles. The smallest absolute Gasteiger partial charge is 0.00148 e. The molecule has 0 spiro atoms. The minimum absolute atomic E-state index is 0.456. The summed E-state index contributed by atoms with van der Waals surface area (Å²) in [5.41, 5.74) is 7.95. The van der Waals surface area contributed by atoms with Gasteiger partial charge in [0.25, 0.3) is 0 Å². The lowest BCUT2D eigenvalue weighted by molar-refractivity contribution is 0.604. The van der Waals surface area contributed by atoms with Crippen molar-refractivity contribution in [2.45, 2.75) is 72.6 Å². The Hall–Kier alpha value is -1.04. The minimum atomic E-state index is 0.456. The molecule has 2 rings (SSSR count). The van der Waals surface area contributed by atoms with Gasteiger partial charge < -0.3 is 0 Å². The van der Waals surface area contributed by atoms with E-state index in [2.05, 4.69) is 59.8 Å². The van der Waals surface area contributed by atoms with Crippen molar-refractivity contribution in [1.29, 1.82) is 0 Å². The van der Waals surface area contributed by atoms with Crippen molar-refractivity contribution in [3.8, 4) is 0 Å². The summed E-state index contributed by atoms with van der Waals surface area (Å²) < 4.78 is 0. The van der Waals surface area contributed by atoms with Crippen LogP contribution in [-0.2, 0) is 11.8 Å². The van der Waals surface area contributed by atoms with Gasteiger partial charge in [-0.25, -0.2) is 0 Å². The third-order valence-corrected chi connectivity index (χ3v) is 5.09. The van der Waals surface area contributed by atoms with E-state index in [4.69, 9.17) is 0 Å². The predicted molar refractivity (Wildman–Crippen MR) is 90.2 cm³/mol. The highest BCUT2D eigenvalue weighted by Gasteiger charge is 2.51. The van der Waals surface area contributed by atoms with Crippen molar-refractivity contribution >= 4 is 6.08 Å². The molecular weight excluding hydrogens is 240 g/mol. The van der Waals surface area contributed by atoms with Crippen molar-refractivity contribution in [2.75, 3.05) is 0 Å². The van der Waals surface area contributed by atoms with Gasteiger partial charge in [-0.2, -0.15) is 0 Å². The van der Waals surface area contributed by atoms with Crippen LogP contribution < -0.4 is 0 Å². The van der Waals surface area contributed by atoms with E-state index in [1.54, 1.807) is 11.1 Å². The quantitative estimate of drug-likeness (QED) is 0.610. The van der Waals surface area contributed by atoms with E-state index in [1.165, 1.54) is 42.4 Å². The molecule has 0 saturated heterocycles. The summed E-state index contributed by atoms with van der Waals surface area (Å²) in [4.78, 5) is 0. The van der Waals surface area contributed by atoms with Gasteiger partial charge in [-0.05, 0) is 73.6 Å². The number of allylic oxidation sites excluding steroid dienone is 1. The maximum atomic E-state index is 2.53. The molecule has 20 heavy (non-hydrogen) atoms. The first kappa shape index (κ1) is 15.4. The van der Waals surface area contributed by atoms with E-state index in [0.29, 0.717) is 5.41 Å². The molecule has 1 saturated carbocycles. The molecule has 2 unspecified atom stereocenters. The molecule has 0 N–H and O–H groups in total. The van der Waals surface area contributed by atoms with Crippen molar-refractivity contribution < 1.29 is 0 Å². The first-order valence-corrected chi connectivity index (χ1v) is 8.23. The van der Waals surface area contributed by atoms with Crippen LogP contribution in [0.3, 0.4) is 0 Å². The molecule has 1 aromatic carbocycles. The van der Waals surface area contributed by atoms with Gasteiger partial charge in [0, 0.05) is 0 Å². The fourth-order valence-electron chi connectivity index (χ4n) is 3.72. The Labute approximate surface area is 125 Å². The average Bonchev–Trinajstić information content (AvgIpc) is 3.04. The van der Waals surface area contributed by atoms with Crippen LogP contribution in [0.1, 0.15) is 76.1 Å². The molecule has 2 atom stereocenters. The number of benzene rings is 1. The molecule has 0 heteroatoms. The third-order valence-electron chi connectivity index (χ3n) is 5.09. The van der Waals surface area contributed by atoms with Gasteiger partial charge in [0.05, 0.1) is 0 Å². The summed E-state index contributed by atoms with van der Waals surface area (Å²) in [5, 5.41) is 0. The molecule has 1 fully saturated rings. The highest BCUT2D eigenvalue weighted by Crippen LogP contribution is 2.57. The van der Waals surface area contributed by atoms with E-state index in [1.807, 2.05) is 0 Å². The number of hydrogen-bond acceptors (Lipinski definition) is 0. The Balaban J connectivity index is 2.56. The fourth-order valence-corrected chi connectivity index (χ4v) is 3.72. The number of aryl methyl sites for hydroxylation is 2. The average molecular weight is 270 g/mol. The van der Waals surface area contributed by atoms with E-state index in [0.717, 1.165) is 5.92 Å². The summed E-state index contributed by atoms with van der Waals surface area (Å²) in [6, 6.07) is 4.95. The topological polar surface area (TPSA) is 0 Å². The van der Waals surface area contributed by atoms with E-state index in [9.17, 15) is 0 Å². The molecule has 0 heterocycles. The largest absolute Gasteiger partial charge is 0.0758 e. The standard InChI is InChI=1S/C20H30/c1-7-9-17-12-19(20(8-2)13-16(20)6)18(10-14(3)4)11-15(17)5/h10-12,16H,7-9,13H2,1-6H3. The molecule has 0 aromatic heterocycles. The van der Waals surface area contributed by atoms with E-state index >= 15 is 0 Å². The fraction of sp³-hybridized carbons (Fsp3) is 0.600. The lowest BCUT2D eigenvalue weighted by Crippen LogP contribution is -2.11. The number of rotatable bonds is 5. The summed E-state index contributed by atoms with van der Waals surface area (Å²) in [5.74, 6) is 0.842. The van der Waals surface area contributed by atoms with Gasteiger partial charge in [-0.15, -0.1) is 0 Å². The first-order valence-electron chi connectivity index (χ1n) is 8.23. The Bertz CT molecular complexity index is 513. The van der Waals surface area contributed by atoms with Crippen LogP contribution in [0.15, 0.2) is 17.7 Å². The monoisotopic (exact) mass is 270 g/mol. The predicted octanol–water partition coefficient (Wildman–Crippen LogP) is 6.06. The van der Waals surface area contributed by atoms with Crippen LogP contribution in [0.2, 0.25) is 0 Å². The van der Waals surface area contributed by atoms with Crippen LogP contribution in [0.5, 0.6) is 0 Å². The lowest BCUT2D eigenvalue weighted by Gasteiger charge is -2.21. The van der Waals surface area contributed by atoms with Crippen molar-refractivity contribution in [3.63, 3.8) is 0 Å².